The van der Waals surface area contributed by atoms with E-state index >= 15 is 0 Å². The van der Waals surface area contributed by atoms with Gasteiger partial charge in [0.15, 0.2) is 0 Å². The summed E-state index contributed by atoms with van der Waals surface area (Å²) < 4.78 is 47.1. The average Bonchev–Trinajstić information content (AvgIpc) is 2.45. The summed E-state index contributed by atoms with van der Waals surface area (Å²) in [6, 6.07) is 2.66. The molecule has 1 rings (SSSR count). The first-order valence-electron chi connectivity index (χ1n) is 6.46. The number of carboxylic acid groups (broad SMARTS) is 1. The zero-order valence-corrected chi connectivity index (χ0v) is 12.4. The van der Waals surface area contributed by atoms with E-state index in [4.69, 9.17) is 14.6 Å². The van der Waals surface area contributed by atoms with Crippen molar-refractivity contribution >= 4 is 11.9 Å². The molecule has 0 heterocycles. The van der Waals surface area contributed by atoms with E-state index in [1.54, 1.807) is 18.2 Å². The minimum Gasteiger partial charge on any atom is -0.496 e. The molecule has 0 fully saturated rings. The van der Waals surface area contributed by atoms with Gasteiger partial charge < -0.3 is 19.9 Å². The van der Waals surface area contributed by atoms with Crippen molar-refractivity contribution in [3.05, 3.63) is 23.8 Å². The Morgan fingerprint density at radius 2 is 1.74 bits per heavy atom. The fraction of sp³-hybridized carbons (Fsp3) is 0.429. The van der Waals surface area contributed by atoms with Gasteiger partial charge in [-0.05, 0) is 12.1 Å². The van der Waals surface area contributed by atoms with E-state index in [0.29, 0.717) is 17.1 Å². The number of hydrogen-bond acceptors (Lipinski definition) is 4. The molecule has 1 atom stereocenters. The highest BCUT2D eigenvalue weighted by molar-refractivity contribution is 5.85. The molecule has 128 valence electrons. The lowest BCUT2D eigenvalue weighted by Gasteiger charge is -2.17. The van der Waals surface area contributed by atoms with Gasteiger partial charge in [0.1, 0.15) is 17.5 Å². The summed E-state index contributed by atoms with van der Waals surface area (Å²) in [5.74, 6) is -2.03. The smallest absolute Gasteiger partial charge is 0.391 e. The highest BCUT2D eigenvalue weighted by Crippen LogP contribution is 2.29. The lowest BCUT2D eigenvalue weighted by Crippen LogP contribution is -2.44. The van der Waals surface area contributed by atoms with Crippen LogP contribution in [0.4, 0.5) is 13.2 Å². The van der Waals surface area contributed by atoms with Gasteiger partial charge >= 0.3 is 12.1 Å². The lowest BCUT2D eigenvalue weighted by atomic mass is 10.1. The van der Waals surface area contributed by atoms with E-state index in [2.05, 4.69) is 0 Å². The fourth-order valence-corrected chi connectivity index (χ4v) is 1.94. The van der Waals surface area contributed by atoms with Crippen molar-refractivity contribution < 1.29 is 37.3 Å². The summed E-state index contributed by atoms with van der Waals surface area (Å²) in [5.41, 5.74) is 0.311. The molecule has 0 bridgehead atoms. The molecule has 1 aromatic rings. The first kappa shape index (κ1) is 18.6. The van der Waals surface area contributed by atoms with Crippen LogP contribution in [0.25, 0.3) is 0 Å². The summed E-state index contributed by atoms with van der Waals surface area (Å²) in [7, 11) is 2.72. The number of carboxylic acids is 1. The van der Waals surface area contributed by atoms with E-state index in [9.17, 15) is 22.8 Å². The normalized spacial score (nSPS) is 12.4. The van der Waals surface area contributed by atoms with Crippen LogP contribution in [0.1, 0.15) is 12.0 Å². The van der Waals surface area contributed by atoms with Crippen LogP contribution in [0, 0.1) is 0 Å². The van der Waals surface area contributed by atoms with Crippen molar-refractivity contribution in [3.63, 3.8) is 0 Å². The van der Waals surface area contributed by atoms with Crippen LogP contribution in [0.15, 0.2) is 18.2 Å². The van der Waals surface area contributed by atoms with Crippen molar-refractivity contribution in [2.24, 2.45) is 0 Å². The first-order valence-corrected chi connectivity index (χ1v) is 6.46. The molecule has 0 aromatic heterocycles. The zero-order chi connectivity index (χ0) is 17.6. The quantitative estimate of drug-likeness (QED) is 0.793. The number of nitrogens with one attached hydrogen (secondary N) is 1. The van der Waals surface area contributed by atoms with Gasteiger partial charge in [0.2, 0.25) is 5.91 Å². The molecule has 0 saturated carbocycles. The van der Waals surface area contributed by atoms with Crippen LogP contribution in [-0.2, 0) is 16.0 Å². The summed E-state index contributed by atoms with van der Waals surface area (Å²) in [6.07, 6.45) is -6.75. The third kappa shape index (κ3) is 5.68. The number of ether oxygens (including phenoxy) is 2. The van der Waals surface area contributed by atoms with Gasteiger partial charge in [-0.15, -0.1) is 0 Å². The topological polar surface area (TPSA) is 84.9 Å². The van der Waals surface area contributed by atoms with Crippen molar-refractivity contribution in [2.45, 2.75) is 25.1 Å². The highest BCUT2D eigenvalue weighted by atomic mass is 19.4. The fourth-order valence-electron chi connectivity index (χ4n) is 1.94. The predicted octanol–water partition coefficient (Wildman–Crippen LogP) is 1.77. The van der Waals surface area contributed by atoms with Gasteiger partial charge in [0.25, 0.3) is 0 Å². The Labute approximate surface area is 130 Å². The summed E-state index contributed by atoms with van der Waals surface area (Å²) in [6.45, 7) is 0. The number of alkyl halides is 3. The molecule has 2 N–H and O–H groups in total. The van der Waals surface area contributed by atoms with E-state index in [0.717, 1.165) is 0 Å². The maximum atomic E-state index is 12.3. The number of hydrogen-bond donors (Lipinski definition) is 2. The summed E-state index contributed by atoms with van der Waals surface area (Å²) >= 11 is 0. The first-order chi connectivity index (χ1) is 10.7. The molecule has 23 heavy (non-hydrogen) atoms. The predicted molar refractivity (Wildman–Crippen MR) is 73.5 cm³/mol. The van der Waals surface area contributed by atoms with Crippen LogP contribution < -0.4 is 14.8 Å². The van der Waals surface area contributed by atoms with Crippen LogP contribution in [0.3, 0.4) is 0 Å². The minimum absolute atomic E-state index is 0.308. The van der Waals surface area contributed by atoms with Crippen LogP contribution in [-0.4, -0.2) is 43.4 Å². The number of carbonyl (C=O) groups is 2. The van der Waals surface area contributed by atoms with E-state index in [1.807, 2.05) is 5.32 Å². The number of benzene rings is 1. The number of methoxy groups -OCH3 is 2. The lowest BCUT2D eigenvalue weighted by molar-refractivity contribution is -0.159. The monoisotopic (exact) mass is 335 g/mol. The molecule has 0 radical (unpaired) electrons. The average molecular weight is 335 g/mol. The number of aliphatic carboxylic acids is 1. The molecule has 0 aliphatic carbocycles. The summed E-state index contributed by atoms with van der Waals surface area (Å²) in [5, 5.41) is 10.6. The molecule has 1 unspecified atom stereocenters. The molecule has 0 aliphatic rings. The molecule has 0 spiro atoms. The molecule has 1 aromatic carbocycles. The van der Waals surface area contributed by atoms with Gasteiger partial charge in [-0.2, -0.15) is 13.2 Å². The van der Waals surface area contributed by atoms with Crippen molar-refractivity contribution in [1.82, 2.24) is 5.32 Å². The molecular weight excluding hydrogens is 319 g/mol. The van der Waals surface area contributed by atoms with Crippen molar-refractivity contribution in [1.29, 1.82) is 0 Å². The van der Waals surface area contributed by atoms with Gasteiger partial charge in [0, 0.05) is 5.56 Å². The third-order valence-corrected chi connectivity index (χ3v) is 2.94. The Morgan fingerprint density at radius 3 is 2.13 bits per heavy atom. The van der Waals surface area contributed by atoms with Gasteiger partial charge in [-0.1, -0.05) is 6.07 Å². The molecule has 0 aliphatic heterocycles. The molecule has 0 saturated heterocycles. The number of amides is 1. The molecule has 1 amide bonds. The second kappa shape index (κ2) is 7.70. The summed E-state index contributed by atoms with van der Waals surface area (Å²) in [4.78, 5) is 22.7. The largest absolute Gasteiger partial charge is 0.496 e. The SMILES string of the molecule is COc1cccc(OC)c1CC(=O)NC(CC(F)(F)F)C(=O)O. The second-order valence-corrected chi connectivity index (χ2v) is 4.60. The highest BCUT2D eigenvalue weighted by Gasteiger charge is 2.36. The van der Waals surface area contributed by atoms with Crippen LogP contribution in [0.2, 0.25) is 0 Å². The molecule has 9 heteroatoms. The molecular formula is C14H16F3NO5. The van der Waals surface area contributed by atoms with Gasteiger partial charge in [-0.25, -0.2) is 4.79 Å². The van der Waals surface area contributed by atoms with Gasteiger partial charge in [-0.3, -0.25) is 4.79 Å². The number of carbonyl (C=O) groups excluding carboxylic acids is 1. The zero-order valence-electron chi connectivity index (χ0n) is 12.4. The van der Waals surface area contributed by atoms with Crippen LogP contribution in [0.5, 0.6) is 11.5 Å². The Morgan fingerprint density at radius 1 is 1.22 bits per heavy atom. The van der Waals surface area contributed by atoms with E-state index < -0.39 is 30.5 Å². The minimum atomic E-state index is -4.71. The number of halogens is 3. The Balaban J connectivity index is 2.89. The second-order valence-electron chi connectivity index (χ2n) is 4.60. The maximum absolute atomic E-state index is 12.3. The van der Waals surface area contributed by atoms with Crippen LogP contribution >= 0.6 is 0 Å². The molecule has 6 nitrogen and oxygen atoms in total. The Hall–Kier alpha value is -2.45. The maximum Gasteiger partial charge on any atom is 0.391 e. The Bertz CT molecular complexity index is 552. The van der Waals surface area contributed by atoms with Gasteiger partial charge in [0.05, 0.1) is 27.1 Å². The van der Waals surface area contributed by atoms with E-state index in [-0.39, 0.29) is 6.42 Å². The van der Waals surface area contributed by atoms with E-state index in [1.165, 1.54) is 14.2 Å². The third-order valence-electron chi connectivity index (χ3n) is 2.94. The Kier molecular flexibility index (Phi) is 6.23. The number of rotatable bonds is 7. The van der Waals surface area contributed by atoms with Crippen molar-refractivity contribution in [3.8, 4) is 11.5 Å². The standard InChI is InChI=1S/C14H16F3NO5/c1-22-10-4-3-5-11(23-2)8(10)6-12(19)18-9(13(20)21)7-14(15,16)17/h3-5,9H,6-7H2,1-2H3,(H,18,19)(H,20,21). The van der Waals surface area contributed by atoms with Crippen molar-refractivity contribution in [2.75, 3.05) is 14.2 Å².